The molecule has 0 amide bonds. The van der Waals surface area contributed by atoms with Crippen LogP contribution in [0.3, 0.4) is 0 Å². The lowest BCUT2D eigenvalue weighted by molar-refractivity contribution is -0.137. The zero-order chi connectivity index (χ0) is 13.8. The molecule has 1 unspecified atom stereocenters. The van der Waals surface area contributed by atoms with Gasteiger partial charge in [-0.25, -0.2) is 0 Å². The molecule has 1 N–H and O–H groups in total. The van der Waals surface area contributed by atoms with Gasteiger partial charge < -0.3 is 14.5 Å². The molecular formula is C13H21N3O3. The summed E-state index contributed by atoms with van der Waals surface area (Å²) in [5.74, 6) is 0.858. The second-order valence-electron chi connectivity index (χ2n) is 5.45. The summed E-state index contributed by atoms with van der Waals surface area (Å²) in [5, 5.41) is 12.4. The fraction of sp³-hybridized carbons (Fsp3) is 0.769. The van der Waals surface area contributed by atoms with Crippen molar-refractivity contribution >= 4 is 5.97 Å². The largest absolute Gasteiger partial charge is 0.481 e. The van der Waals surface area contributed by atoms with Gasteiger partial charge in [0, 0.05) is 25.4 Å². The Hall–Kier alpha value is -1.43. The van der Waals surface area contributed by atoms with Crippen LogP contribution in [-0.2, 0) is 17.6 Å². The minimum absolute atomic E-state index is 0.0452. The Morgan fingerprint density at radius 3 is 3.00 bits per heavy atom. The predicted molar refractivity (Wildman–Crippen MR) is 68.8 cm³/mol. The number of aromatic nitrogens is 2. The molecule has 2 heterocycles. The summed E-state index contributed by atoms with van der Waals surface area (Å²) in [7, 11) is 0. The van der Waals surface area contributed by atoms with Crippen LogP contribution >= 0.6 is 0 Å². The van der Waals surface area contributed by atoms with Crippen molar-refractivity contribution in [3.63, 3.8) is 0 Å². The Morgan fingerprint density at radius 1 is 1.58 bits per heavy atom. The van der Waals surface area contributed by atoms with E-state index in [9.17, 15) is 4.79 Å². The third kappa shape index (κ3) is 4.02. The van der Waals surface area contributed by atoms with Gasteiger partial charge in [-0.15, -0.1) is 0 Å². The number of carbonyl (C=O) groups is 1. The normalized spacial score (nSPS) is 20.3. The molecule has 0 radical (unpaired) electrons. The number of carboxylic acid groups (broad SMARTS) is 1. The van der Waals surface area contributed by atoms with Crippen LogP contribution in [0.1, 0.15) is 38.4 Å². The van der Waals surface area contributed by atoms with Gasteiger partial charge in [0.15, 0.2) is 5.82 Å². The van der Waals surface area contributed by atoms with Gasteiger partial charge in [0.2, 0.25) is 5.89 Å². The topological polar surface area (TPSA) is 79.5 Å². The lowest BCUT2D eigenvalue weighted by Gasteiger charge is -2.19. The minimum Gasteiger partial charge on any atom is -0.481 e. The molecule has 1 saturated heterocycles. The Balaban J connectivity index is 1.82. The van der Waals surface area contributed by atoms with Crippen molar-refractivity contribution in [2.45, 2.75) is 45.6 Å². The van der Waals surface area contributed by atoms with E-state index in [1.165, 1.54) is 0 Å². The maximum absolute atomic E-state index is 10.5. The first-order valence-corrected chi connectivity index (χ1v) is 6.82. The van der Waals surface area contributed by atoms with E-state index < -0.39 is 5.97 Å². The van der Waals surface area contributed by atoms with Gasteiger partial charge in [-0.1, -0.05) is 5.16 Å². The maximum atomic E-state index is 10.5. The van der Waals surface area contributed by atoms with Crippen molar-refractivity contribution in [1.29, 1.82) is 0 Å². The molecule has 2 rings (SSSR count). The number of aliphatic carboxylic acids is 1. The number of likely N-dealkylation sites (tertiary alicyclic amines) is 1. The van der Waals surface area contributed by atoms with Gasteiger partial charge >= 0.3 is 5.97 Å². The van der Waals surface area contributed by atoms with Gasteiger partial charge in [-0.2, -0.15) is 4.98 Å². The highest BCUT2D eigenvalue weighted by Crippen LogP contribution is 2.21. The first kappa shape index (κ1) is 14.0. The van der Waals surface area contributed by atoms with E-state index in [-0.39, 0.29) is 6.42 Å². The standard InChI is InChI=1S/C13H21N3O3/c1-9(2)16-6-5-10(8-16)7-12-14-11(15-19-12)3-4-13(17)18/h9-10H,3-8H2,1-2H3,(H,17,18). The molecule has 6 heteroatoms. The van der Waals surface area contributed by atoms with Crippen molar-refractivity contribution in [1.82, 2.24) is 15.0 Å². The number of carboxylic acids is 1. The molecule has 1 fully saturated rings. The van der Waals surface area contributed by atoms with Crippen molar-refractivity contribution in [3.8, 4) is 0 Å². The lowest BCUT2D eigenvalue weighted by Crippen LogP contribution is -2.28. The fourth-order valence-electron chi connectivity index (χ4n) is 2.44. The van der Waals surface area contributed by atoms with Crippen LogP contribution in [0.4, 0.5) is 0 Å². The summed E-state index contributed by atoms with van der Waals surface area (Å²) < 4.78 is 5.18. The number of hydrogen-bond acceptors (Lipinski definition) is 5. The number of hydrogen-bond donors (Lipinski definition) is 1. The van der Waals surface area contributed by atoms with Gasteiger partial charge in [0.1, 0.15) is 0 Å². The highest BCUT2D eigenvalue weighted by molar-refractivity contribution is 5.66. The zero-order valence-corrected chi connectivity index (χ0v) is 11.5. The Labute approximate surface area is 112 Å². The third-order valence-electron chi connectivity index (χ3n) is 3.58. The molecule has 0 bridgehead atoms. The molecule has 0 aromatic carbocycles. The number of rotatable bonds is 6. The summed E-state index contributed by atoms with van der Waals surface area (Å²) in [5.41, 5.74) is 0. The molecule has 1 aromatic heterocycles. The van der Waals surface area contributed by atoms with Gasteiger partial charge in [0.05, 0.1) is 6.42 Å². The van der Waals surface area contributed by atoms with Gasteiger partial charge in [-0.3, -0.25) is 4.79 Å². The number of nitrogens with zero attached hydrogens (tertiary/aromatic N) is 3. The van der Waals surface area contributed by atoms with Gasteiger partial charge in [0.25, 0.3) is 0 Å². The van der Waals surface area contributed by atoms with Crippen LogP contribution in [-0.4, -0.2) is 45.2 Å². The van der Waals surface area contributed by atoms with E-state index in [0.29, 0.717) is 30.1 Å². The molecule has 0 aliphatic carbocycles. The van der Waals surface area contributed by atoms with Crippen LogP contribution in [0.15, 0.2) is 4.52 Å². The van der Waals surface area contributed by atoms with Crippen LogP contribution in [0.2, 0.25) is 0 Å². The summed E-state index contributed by atoms with van der Waals surface area (Å²) in [4.78, 5) is 17.2. The molecule has 1 aliphatic heterocycles. The highest BCUT2D eigenvalue weighted by Gasteiger charge is 2.25. The SMILES string of the molecule is CC(C)N1CCC(Cc2nc(CCC(=O)O)no2)C1. The Kier molecular flexibility index (Phi) is 4.52. The summed E-state index contributed by atoms with van der Waals surface area (Å²) in [6, 6.07) is 0.582. The highest BCUT2D eigenvalue weighted by atomic mass is 16.5. The summed E-state index contributed by atoms with van der Waals surface area (Å²) in [6.07, 6.45) is 2.33. The van der Waals surface area contributed by atoms with Crippen LogP contribution < -0.4 is 0 Å². The smallest absolute Gasteiger partial charge is 0.303 e. The molecule has 1 aromatic rings. The van der Waals surface area contributed by atoms with E-state index in [0.717, 1.165) is 25.9 Å². The van der Waals surface area contributed by atoms with Crippen molar-refractivity contribution < 1.29 is 14.4 Å². The quantitative estimate of drug-likeness (QED) is 0.838. The van der Waals surface area contributed by atoms with Crippen LogP contribution in [0.25, 0.3) is 0 Å². The Bertz CT molecular complexity index is 431. The van der Waals surface area contributed by atoms with Crippen molar-refractivity contribution in [2.75, 3.05) is 13.1 Å². The molecule has 19 heavy (non-hydrogen) atoms. The van der Waals surface area contributed by atoms with Crippen LogP contribution in [0.5, 0.6) is 0 Å². The van der Waals surface area contributed by atoms with Crippen molar-refractivity contribution in [2.24, 2.45) is 5.92 Å². The zero-order valence-electron chi connectivity index (χ0n) is 11.5. The molecule has 106 valence electrons. The van der Waals surface area contributed by atoms with E-state index in [2.05, 4.69) is 28.9 Å². The van der Waals surface area contributed by atoms with Gasteiger partial charge in [-0.05, 0) is 32.7 Å². The first-order valence-electron chi connectivity index (χ1n) is 6.82. The van der Waals surface area contributed by atoms with E-state index >= 15 is 0 Å². The number of aryl methyl sites for hydroxylation is 1. The molecular weight excluding hydrogens is 246 g/mol. The predicted octanol–water partition coefficient (Wildman–Crippen LogP) is 1.36. The third-order valence-corrected chi connectivity index (χ3v) is 3.58. The van der Waals surface area contributed by atoms with E-state index in [1.807, 2.05) is 0 Å². The lowest BCUT2D eigenvalue weighted by atomic mass is 10.1. The van der Waals surface area contributed by atoms with E-state index in [4.69, 9.17) is 9.63 Å². The average molecular weight is 267 g/mol. The minimum atomic E-state index is -0.838. The molecule has 1 atom stereocenters. The fourth-order valence-corrected chi connectivity index (χ4v) is 2.44. The second kappa shape index (κ2) is 6.14. The molecule has 0 spiro atoms. The summed E-state index contributed by atoms with van der Waals surface area (Å²) in [6.45, 7) is 6.62. The van der Waals surface area contributed by atoms with Crippen LogP contribution in [0, 0.1) is 5.92 Å². The molecule has 1 aliphatic rings. The average Bonchev–Trinajstić information content (AvgIpc) is 2.96. The second-order valence-corrected chi connectivity index (χ2v) is 5.45. The monoisotopic (exact) mass is 267 g/mol. The molecule has 6 nitrogen and oxygen atoms in total. The molecule has 0 saturated carbocycles. The van der Waals surface area contributed by atoms with Crippen molar-refractivity contribution in [3.05, 3.63) is 11.7 Å². The van der Waals surface area contributed by atoms with E-state index in [1.54, 1.807) is 0 Å². The maximum Gasteiger partial charge on any atom is 0.303 e. The summed E-state index contributed by atoms with van der Waals surface area (Å²) >= 11 is 0. The first-order chi connectivity index (χ1) is 9.04. The Morgan fingerprint density at radius 2 is 2.37 bits per heavy atom.